The van der Waals surface area contributed by atoms with Gasteiger partial charge in [-0.25, -0.2) is 4.39 Å². The minimum absolute atomic E-state index is 0.0591. The monoisotopic (exact) mass is 278 g/mol. The number of halogens is 2. The van der Waals surface area contributed by atoms with Gasteiger partial charge in [-0.15, -0.1) is 0 Å². The van der Waals surface area contributed by atoms with Crippen molar-refractivity contribution in [3.8, 4) is 11.5 Å². The Morgan fingerprint density at radius 1 is 0.947 bits per heavy atom. The molecule has 1 nitrogen and oxygen atoms in total. The van der Waals surface area contributed by atoms with Crippen molar-refractivity contribution >= 4 is 11.6 Å². The van der Waals surface area contributed by atoms with Crippen LogP contribution in [-0.4, -0.2) is 0 Å². The van der Waals surface area contributed by atoms with Gasteiger partial charge in [0, 0.05) is 6.07 Å². The molecule has 19 heavy (non-hydrogen) atoms. The van der Waals surface area contributed by atoms with E-state index in [0.717, 1.165) is 0 Å². The SMILES string of the molecule is CC(C)(C)c1ccc(Oc2ccc(F)c(Cl)c2)cc1. The van der Waals surface area contributed by atoms with Crippen LogP contribution in [0.15, 0.2) is 42.5 Å². The van der Waals surface area contributed by atoms with Gasteiger partial charge < -0.3 is 4.74 Å². The third kappa shape index (κ3) is 3.48. The first-order valence-electron chi connectivity index (χ1n) is 6.10. The fourth-order valence-corrected chi connectivity index (χ4v) is 1.87. The molecule has 2 rings (SSSR count). The summed E-state index contributed by atoms with van der Waals surface area (Å²) in [5, 5.41) is 0.0591. The summed E-state index contributed by atoms with van der Waals surface area (Å²) < 4.78 is 18.7. The van der Waals surface area contributed by atoms with E-state index in [4.69, 9.17) is 16.3 Å². The molecule has 0 aliphatic carbocycles. The van der Waals surface area contributed by atoms with Crippen molar-refractivity contribution in [2.45, 2.75) is 26.2 Å². The first kappa shape index (κ1) is 13.9. The normalized spacial score (nSPS) is 11.4. The summed E-state index contributed by atoms with van der Waals surface area (Å²) in [7, 11) is 0. The summed E-state index contributed by atoms with van der Waals surface area (Å²) in [5.74, 6) is 0.780. The Morgan fingerprint density at radius 2 is 1.53 bits per heavy atom. The van der Waals surface area contributed by atoms with E-state index < -0.39 is 5.82 Å². The number of ether oxygens (including phenoxy) is 1. The minimum atomic E-state index is -0.447. The predicted molar refractivity (Wildman–Crippen MR) is 76.6 cm³/mol. The highest BCUT2D eigenvalue weighted by atomic mass is 35.5. The average molecular weight is 279 g/mol. The number of benzene rings is 2. The Balaban J connectivity index is 2.17. The minimum Gasteiger partial charge on any atom is -0.457 e. The molecule has 0 spiro atoms. The number of hydrogen-bond donors (Lipinski definition) is 0. The molecule has 0 aliphatic heterocycles. The highest BCUT2D eigenvalue weighted by molar-refractivity contribution is 6.30. The lowest BCUT2D eigenvalue weighted by atomic mass is 9.87. The van der Waals surface area contributed by atoms with Gasteiger partial charge >= 0.3 is 0 Å². The van der Waals surface area contributed by atoms with E-state index in [-0.39, 0.29) is 10.4 Å². The highest BCUT2D eigenvalue weighted by Gasteiger charge is 2.13. The Hall–Kier alpha value is -1.54. The molecule has 0 bridgehead atoms. The maximum Gasteiger partial charge on any atom is 0.142 e. The first-order valence-corrected chi connectivity index (χ1v) is 6.47. The molecule has 0 N–H and O–H groups in total. The number of rotatable bonds is 2. The molecule has 2 aromatic carbocycles. The van der Waals surface area contributed by atoms with E-state index in [2.05, 4.69) is 20.8 Å². The van der Waals surface area contributed by atoms with E-state index >= 15 is 0 Å². The van der Waals surface area contributed by atoms with Gasteiger partial charge in [-0.2, -0.15) is 0 Å². The topological polar surface area (TPSA) is 9.23 Å². The van der Waals surface area contributed by atoms with Gasteiger partial charge in [-0.05, 0) is 35.2 Å². The Bertz CT molecular complexity index is 570. The summed E-state index contributed by atoms with van der Waals surface area (Å²) in [5.41, 5.74) is 1.34. The molecule has 3 heteroatoms. The highest BCUT2D eigenvalue weighted by Crippen LogP contribution is 2.28. The molecule has 100 valence electrons. The van der Waals surface area contributed by atoms with E-state index in [0.29, 0.717) is 11.5 Å². The molecule has 2 aromatic rings. The smallest absolute Gasteiger partial charge is 0.142 e. The van der Waals surface area contributed by atoms with Crippen LogP contribution in [0.1, 0.15) is 26.3 Å². The van der Waals surface area contributed by atoms with Crippen molar-refractivity contribution in [3.05, 3.63) is 58.9 Å². The van der Waals surface area contributed by atoms with E-state index in [9.17, 15) is 4.39 Å². The molecule has 0 heterocycles. The molecule has 0 aliphatic rings. The van der Waals surface area contributed by atoms with Crippen molar-refractivity contribution < 1.29 is 9.13 Å². The average Bonchev–Trinajstić information content (AvgIpc) is 2.33. The summed E-state index contributed by atoms with van der Waals surface area (Å²) in [4.78, 5) is 0. The molecular formula is C16H16ClFO. The second-order valence-electron chi connectivity index (χ2n) is 5.45. The zero-order chi connectivity index (χ0) is 14.0. The molecule has 0 amide bonds. The third-order valence-electron chi connectivity index (χ3n) is 2.85. The van der Waals surface area contributed by atoms with E-state index in [1.807, 2.05) is 24.3 Å². The fourth-order valence-electron chi connectivity index (χ4n) is 1.70. The Labute approximate surface area is 118 Å². The van der Waals surface area contributed by atoms with Crippen LogP contribution in [0.3, 0.4) is 0 Å². The lowest BCUT2D eigenvalue weighted by Crippen LogP contribution is -2.10. The summed E-state index contributed by atoms with van der Waals surface area (Å²) in [6.07, 6.45) is 0. The quantitative estimate of drug-likeness (QED) is 0.698. The molecular weight excluding hydrogens is 263 g/mol. The van der Waals surface area contributed by atoms with Crippen molar-refractivity contribution in [3.63, 3.8) is 0 Å². The Kier molecular flexibility index (Phi) is 3.81. The maximum atomic E-state index is 13.0. The van der Waals surface area contributed by atoms with Crippen LogP contribution in [0.25, 0.3) is 0 Å². The standard InChI is InChI=1S/C16H16ClFO/c1-16(2,3)11-4-6-12(7-5-11)19-13-8-9-15(18)14(17)10-13/h4-10H,1-3H3. The van der Waals surface area contributed by atoms with Crippen molar-refractivity contribution in [2.24, 2.45) is 0 Å². The van der Waals surface area contributed by atoms with Gasteiger partial charge in [0.15, 0.2) is 0 Å². The van der Waals surface area contributed by atoms with Gasteiger partial charge in [0.1, 0.15) is 17.3 Å². The van der Waals surface area contributed by atoms with Crippen LogP contribution >= 0.6 is 11.6 Å². The van der Waals surface area contributed by atoms with Crippen molar-refractivity contribution in [2.75, 3.05) is 0 Å². The van der Waals surface area contributed by atoms with Gasteiger partial charge in [-0.3, -0.25) is 0 Å². The second kappa shape index (κ2) is 5.22. The van der Waals surface area contributed by atoms with Crippen LogP contribution in [0.5, 0.6) is 11.5 Å². The van der Waals surface area contributed by atoms with Crippen LogP contribution in [0.2, 0.25) is 5.02 Å². The Morgan fingerprint density at radius 3 is 2.05 bits per heavy atom. The van der Waals surface area contributed by atoms with Crippen LogP contribution in [0.4, 0.5) is 4.39 Å². The lowest BCUT2D eigenvalue weighted by Gasteiger charge is -2.19. The zero-order valence-electron chi connectivity index (χ0n) is 11.2. The molecule has 0 radical (unpaired) electrons. The summed E-state index contributed by atoms with van der Waals surface area (Å²) in [6.45, 7) is 6.47. The molecule has 0 atom stereocenters. The van der Waals surface area contributed by atoms with Crippen LogP contribution < -0.4 is 4.74 Å². The number of hydrogen-bond acceptors (Lipinski definition) is 1. The first-order chi connectivity index (χ1) is 8.86. The van der Waals surface area contributed by atoms with Crippen LogP contribution in [0, 0.1) is 5.82 Å². The predicted octanol–water partition coefficient (Wildman–Crippen LogP) is 5.57. The van der Waals surface area contributed by atoms with E-state index in [1.165, 1.54) is 17.7 Å². The molecule has 0 saturated carbocycles. The zero-order valence-corrected chi connectivity index (χ0v) is 12.0. The third-order valence-corrected chi connectivity index (χ3v) is 3.14. The van der Waals surface area contributed by atoms with Gasteiger partial charge in [-0.1, -0.05) is 44.5 Å². The van der Waals surface area contributed by atoms with Crippen molar-refractivity contribution in [1.29, 1.82) is 0 Å². The van der Waals surface area contributed by atoms with E-state index in [1.54, 1.807) is 6.07 Å². The summed E-state index contributed by atoms with van der Waals surface area (Å²) in [6, 6.07) is 12.2. The largest absolute Gasteiger partial charge is 0.457 e. The molecule has 0 fully saturated rings. The van der Waals surface area contributed by atoms with Gasteiger partial charge in [0.25, 0.3) is 0 Å². The lowest BCUT2D eigenvalue weighted by molar-refractivity contribution is 0.479. The molecule has 0 aromatic heterocycles. The molecule has 0 saturated heterocycles. The van der Waals surface area contributed by atoms with Crippen LogP contribution in [-0.2, 0) is 5.41 Å². The van der Waals surface area contributed by atoms with Gasteiger partial charge in [0.2, 0.25) is 0 Å². The van der Waals surface area contributed by atoms with Crippen molar-refractivity contribution in [1.82, 2.24) is 0 Å². The van der Waals surface area contributed by atoms with Gasteiger partial charge in [0.05, 0.1) is 5.02 Å². The fraction of sp³-hybridized carbons (Fsp3) is 0.250. The maximum absolute atomic E-state index is 13.0. The summed E-state index contributed by atoms with van der Waals surface area (Å²) >= 11 is 5.71. The molecule has 0 unspecified atom stereocenters. The second-order valence-corrected chi connectivity index (χ2v) is 5.86.